The number of hydrogen-bond donors (Lipinski definition) is 0. The minimum atomic E-state index is -0.479. The molecule has 2 saturated heterocycles. The number of carbonyl (C=O) groups is 1. The molecule has 0 N–H and O–H groups in total. The molecule has 32 heavy (non-hydrogen) atoms. The molecule has 0 radical (unpaired) electrons. The second-order valence-corrected chi connectivity index (χ2v) is 9.27. The Morgan fingerprint density at radius 3 is 2.28 bits per heavy atom. The molecule has 0 aromatic heterocycles. The quantitative estimate of drug-likeness (QED) is 0.502. The molecule has 1 aromatic carbocycles. The van der Waals surface area contributed by atoms with E-state index in [1.807, 2.05) is 26.8 Å². The molecule has 9 nitrogen and oxygen atoms in total. The third kappa shape index (κ3) is 5.51. The first-order valence-electron chi connectivity index (χ1n) is 11.1. The number of anilines is 1. The summed E-state index contributed by atoms with van der Waals surface area (Å²) in [5.74, 6) is 0.253. The number of ether oxygens (including phenoxy) is 2. The predicted octanol–water partition coefficient (Wildman–Crippen LogP) is 3.77. The molecule has 2 aliphatic rings. The van der Waals surface area contributed by atoms with Gasteiger partial charge < -0.3 is 19.3 Å². The van der Waals surface area contributed by atoms with Crippen molar-refractivity contribution in [2.24, 2.45) is 0 Å². The number of hydrogen-bond acceptors (Lipinski definition) is 7. The lowest BCUT2D eigenvalue weighted by atomic mass is 10.0. The average Bonchev–Trinajstić information content (AvgIpc) is 2.77. The van der Waals surface area contributed by atoms with Crippen LogP contribution in [0.25, 0.3) is 6.08 Å². The molecule has 176 valence electrons. The van der Waals surface area contributed by atoms with Gasteiger partial charge in [0, 0.05) is 57.1 Å². The normalized spacial score (nSPS) is 18.4. The molecule has 0 saturated carbocycles. The van der Waals surface area contributed by atoms with E-state index in [-0.39, 0.29) is 17.5 Å². The maximum atomic E-state index is 12.3. The largest absolute Gasteiger partial charge is 0.490 e. The van der Waals surface area contributed by atoms with E-state index in [0.29, 0.717) is 24.7 Å². The highest BCUT2D eigenvalue weighted by Crippen LogP contribution is 2.37. The van der Waals surface area contributed by atoms with Crippen LogP contribution in [0, 0.1) is 10.1 Å². The number of piperidine rings is 1. The highest BCUT2D eigenvalue weighted by molar-refractivity contribution is 5.72. The molecule has 0 unspecified atom stereocenters. The average molecular weight is 447 g/mol. The van der Waals surface area contributed by atoms with Crippen LogP contribution in [0.1, 0.15) is 39.2 Å². The lowest BCUT2D eigenvalue weighted by Gasteiger charge is -2.43. The minimum Gasteiger partial charge on any atom is -0.490 e. The smallest absolute Gasteiger partial charge is 0.410 e. The second-order valence-electron chi connectivity index (χ2n) is 9.27. The Morgan fingerprint density at radius 1 is 1.16 bits per heavy atom. The number of nitro groups is 1. The van der Waals surface area contributed by atoms with Gasteiger partial charge in [-0.05, 0) is 39.7 Å². The Hall–Kier alpha value is -2.81. The van der Waals surface area contributed by atoms with E-state index in [9.17, 15) is 14.9 Å². The highest BCUT2D eigenvalue weighted by Gasteiger charge is 2.31. The number of benzene rings is 1. The van der Waals surface area contributed by atoms with Crippen LogP contribution in [-0.2, 0) is 4.74 Å². The molecule has 1 aromatic rings. The summed E-state index contributed by atoms with van der Waals surface area (Å²) in [6, 6.07) is 4.02. The summed E-state index contributed by atoms with van der Waals surface area (Å²) < 4.78 is 10.8. The molecule has 1 amide bonds. The third-order valence-electron chi connectivity index (χ3n) is 6.02. The zero-order chi connectivity index (χ0) is 23.5. The van der Waals surface area contributed by atoms with E-state index in [1.54, 1.807) is 11.0 Å². The number of carbonyl (C=O) groups excluding carboxylic acids is 1. The van der Waals surface area contributed by atoms with Crippen molar-refractivity contribution in [2.45, 2.75) is 45.3 Å². The molecule has 9 heteroatoms. The summed E-state index contributed by atoms with van der Waals surface area (Å²) in [6.07, 6.45) is 3.25. The molecule has 0 bridgehead atoms. The van der Waals surface area contributed by atoms with Gasteiger partial charge in [-0.15, -0.1) is 0 Å². The van der Waals surface area contributed by atoms with E-state index in [2.05, 4.69) is 16.4 Å². The molecule has 2 aliphatic heterocycles. The van der Waals surface area contributed by atoms with Gasteiger partial charge in [0.05, 0.1) is 17.6 Å². The fraction of sp³-hybridized carbons (Fsp3) is 0.609. The standard InChI is InChI=1S/C23H34N4O5/c1-6-17-15-19(16-20(31-5)21(17)27(29)30)24-9-7-18(8-10-24)25-11-13-26(14-12-25)22(28)32-23(2,3)4/h6,15-16,18H,1,7-14H2,2-5H3. The van der Waals surface area contributed by atoms with Gasteiger partial charge in [-0.1, -0.05) is 12.7 Å². The molecular formula is C23H34N4O5. The van der Waals surface area contributed by atoms with Crippen molar-refractivity contribution in [2.75, 3.05) is 51.3 Å². The molecule has 3 rings (SSSR count). The van der Waals surface area contributed by atoms with Crippen molar-refractivity contribution >= 4 is 23.5 Å². The van der Waals surface area contributed by atoms with E-state index < -0.39 is 10.5 Å². The predicted molar refractivity (Wildman–Crippen MR) is 124 cm³/mol. The number of nitro benzene ring substituents is 1. The molecule has 2 heterocycles. The van der Waals surface area contributed by atoms with Gasteiger partial charge in [0.2, 0.25) is 0 Å². The van der Waals surface area contributed by atoms with Gasteiger partial charge in [0.25, 0.3) is 0 Å². The van der Waals surface area contributed by atoms with Crippen LogP contribution >= 0.6 is 0 Å². The molecule has 2 fully saturated rings. The van der Waals surface area contributed by atoms with Crippen LogP contribution in [0.4, 0.5) is 16.2 Å². The summed E-state index contributed by atoms with van der Waals surface area (Å²) in [4.78, 5) is 29.8. The maximum Gasteiger partial charge on any atom is 0.410 e. The SMILES string of the molecule is C=Cc1cc(N2CCC(N3CCN(C(=O)OC(C)(C)C)CC3)CC2)cc(OC)c1[N+](=O)[O-]. The lowest BCUT2D eigenvalue weighted by Crippen LogP contribution is -2.55. The van der Waals surface area contributed by atoms with Crippen LogP contribution in [0.15, 0.2) is 18.7 Å². The van der Waals surface area contributed by atoms with Crippen LogP contribution in [0.5, 0.6) is 5.75 Å². The molecular weight excluding hydrogens is 412 g/mol. The number of amides is 1. The summed E-state index contributed by atoms with van der Waals surface area (Å²) >= 11 is 0. The van der Waals surface area contributed by atoms with Crippen LogP contribution < -0.4 is 9.64 Å². The fourth-order valence-electron chi connectivity index (χ4n) is 4.39. The van der Waals surface area contributed by atoms with Crippen LogP contribution in [-0.4, -0.2) is 78.8 Å². The fourth-order valence-corrected chi connectivity index (χ4v) is 4.39. The van der Waals surface area contributed by atoms with E-state index in [1.165, 1.54) is 13.2 Å². The van der Waals surface area contributed by atoms with Gasteiger partial charge in [-0.2, -0.15) is 0 Å². The first-order chi connectivity index (χ1) is 15.1. The number of methoxy groups -OCH3 is 1. The van der Waals surface area contributed by atoms with Crippen molar-refractivity contribution in [3.8, 4) is 5.75 Å². The van der Waals surface area contributed by atoms with E-state index in [4.69, 9.17) is 9.47 Å². The van der Waals surface area contributed by atoms with Gasteiger partial charge >= 0.3 is 11.8 Å². The van der Waals surface area contributed by atoms with Gasteiger partial charge in [-0.3, -0.25) is 15.0 Å². The zero-order valence-electron chi connectivity index (χ0n) is 19.5. The number of piperazine rings is 1. The van der Waals surface area contributed by atoms with Crippen molar-refractivity contribution in [3.63, 3.8) is 0 Å². The summed E-state index contributed by atoms with van der Waals surface area (Å²) in [7, 11) is 1.45. The Labute approximate surface area is 189 Å². The topological polar surface area (TPSA) is 88.4 Å². The summed E-state index contributed by atoms with van der Waals surface area (Å²) in [5.41, 5.74) is 0.844. The minimum absolute atomic E-state index is 0.0519. The first-order valence-corrected chi connectivity index (χ1v) is 11.1. The highest BCUT2D eigenvalue weighted by atomic mass is 16.6. The van der Waals surface area contributed by atoms with E-state index in [0.717, 1.165) is 44.7 Å². The second kappa shape index (κ2) is 9.77. The van der Waals surface area contributed by atoms with Crippen molar-refractivity contribution in [1.82, 2.24) is 9.80 Å². The molecule has 0 atom stereocenters. The third-order valence-corrected chi connectivity index (χ3v) is 6.02. The van der Waals surface area contributed by atoms with Crippen molar-refractivity contribution in [3.05, 3.63) is 34.4 Å². The Morgan fingerprint density at radius 2 is 1.78 bits per heavy atom. The van der Waals surface area contributed by atoms with Crippen LogP contribution in [0.2, 0.25) is 0 Å². The van der Waals surface area contributed by atoms with Crippen molar-refractivity contribution < 1.29 is 19.2 Å². The van der Waals surface area contributed by atoms with Crippen LogP contribution in [0.3, 0.4) is 0 Å². The van der Waals surface area contributed by atoms with E-state index >= 15 is 0 Å². The lowest BCUT2D eigenvalue weighted by molar-refractivity contribution is -0.386. The molecule has 0 aliphatic carbocycles. The first kappa shape index (κ1) is 23.8. The Kier molecular flexibility index (Phi) is 7.28. The summed E-state index contributed by atoms with van der Waals surface area (Å²) in [5, 5.41) is 11.4. The summed E-state index contributed by atoms with van der Waals surface area (Å²) in [6.45, 7) is 14.1. The van der Waals surface area contributed by atoms with Gasteiger partial charge in [0.15, 0.2) is 5.75 Å². The Balaban J connectivity index is 1.58. The monoisotopic (exact) mass is 446 g/mol. The Bertz CT molecular complexity index is 851. The zero-order valence-corrected chi connectivity index (χ0v) is 19.5. The maximum absolute atomic E-state index is 12.3. The number of nitrogens with zero attached hydrogens (tertiary/aromatic N) is 4. The number of rotatable bonds is 5. The molecule has 0 spiro atoms. The van der Waals surface area contributed by atoms with Gasteiger partial charge in [-0.25, -0.2) is 4.79 Å². The van der Waals surface area contributed by atoms with Crippen molar-refractivity contribution in [1.29, 1.82) is 0 Å². The van der Waals surface area contributed by atoms with Gasteiger partial charge in [0.1, 0.15) is 5.60 Å².